The van der Waals surface area contributed by atoms with Gasteiger partial charge in [-0.3, -0.25) is 9.59 Å². The third kappa shape index (κ3) is 4.01. The molecule has 0 aliphatic rings. The Bertz CT molecular complexity index is 1030. The molecular formula is C16H12Cl2N4O3. The molecule has 9 heteroatoms. The maximum atomic E-state index is 12.1. The minimum Gasteiger partial charge on any atom is -0.343 e. The second-order valence-electron chi connectivity index (χ2n) is 5.19. The van der Waals surface area contributed by atoms with Crippen molar-refractivity contribution in [3.05, 3.63) is 62.5 Å². The first kappa shape index (κ1) is 17.1. The highest BCUT2D eigenvalue weighted by atomic mass is 35.5. The fourth-order valence-electron chi connectivity index (χ4n) is 2.24. The highest BCUT2D eigenvalue weighted by Gasteiger charge is 2.12. The Morgan fingerprint density at radius 2 is 1.76 bits per heavy atom. The Kier molecular flexibility index (Phi) is 4.78. The van der Waals surface area contributed by atoms with Gasteiger partial charge in [-0.2, -0.15) is 0 Å². The highest BCUT2D eigenvalue weighted by molar-refractivity contribution is 6.35. The number of H-pyrrole nitrogens is 2. The van der Waals surface area contributed by atoms with Crippen LogP contribution in [0.25, 0.3) is 11.0 Å². The second-order valence-corrected chi connectivity index (χ2v) is 6.04. The van der Waals surface area contributed by atoms with Gasteiger partial charge in [-0.1, -0.05) is 23.2 Å². The number of amides is 2. The number of halogens is 2. The molecule has 0 aliphatic heterocycles. The first-order valence-corrected chi connectivity index (χ1v) is 7.93. The van der Waals surface area contributed by atoms with E-state index < -0.39 is 11.8 Å². The Hall–Kier alpha value is -2.77. The van der Waals surface area contributed by atoms with E-state index in [9.17, 15) is 14.4 Å². The van der Waals surface area contributed by atoms with E-state index >= 15 is 0 Å². The van der Waals surface area contributed by atoms with Crippen molar-refractivity contribution in [1.29, 1.82) is 0 Å². The number of nitrogens with one attached hydrogen (secondary N) is 4. The van der Waals surface area contributed by atoms with E-state index in [-0.39, 0.29) is 22.8 Å². The van der Waals surface area contributed by atoms with E-state index in [1.54, 1.807) is 24.3 Å². The van der Waals surface area contributed by atoms with E-state index in [0.717, 1.165) is 0 Å². The summed E-state index contributed by atoms with van der Waals surface area (Å²) in [7, 11) is 0. The van der Waals surface area contributed by atoms with Gasteiger partial charge in [0.2, 0.25) is 5.91 Å². The van der Waals surface area contributed by atoms with Gasteiger partial charge in [0.05, 0.1) is 28.2 Å². The zero-order valence-corrected chi connectivity index (χ0v) is 14.2. The summed E-state index contributed by atoms with van der Waals surface area (Å²) < 4.78 is 0. The molecule has 25 heavy (non-hydrogen) atoms. The Labute approximate surface area is 151 Å². The monoisotopic (exact) mass is 378 g/mol. The number of aromatic nitrogens is 2. The largest absolute Gasteiger partial charge is 0.343 e. The van der Waals surface area contributed by atoms with E-state index in [1.165, 1.54) is 12.1 Å². The lowest BCUT2D eigenvalue weighted by Crippen LogP contribution is -2.33. The zero-order chi connectivity index (χ0) is 18.0. The molecule has 0 saturated heterocycles. The van der Waals surface area contributed by atoms with Crippen molar-refractivity contribution in [3.8, 4) is 0 Å². The molecule has 7 nitrogen and oxygen atoms in total. The normalized spacial score (nSPS) is 10.6. The van der Waals surface area contributed by atoms with Gasteiger partial charge in [0.25, 0.3) is 5.91 Å². The molecule has 128 valence electrons. The molecule has 3 aromatic rings. The van der Waals surface area contributed by atoms with E-state index in [4.69, 9.17) is 23.2 Å². The average molecular weight is 379 g/mol. The second kappa shape index (κ2) is 7.00. The van der Waals surface area contributed by atoms with Crippen LogP contribution in [0.1, 0.15) is 10.4 Å². The summed E-state index contributed by atoms with van der Waals surface area (Å²) in [5.41, 5.74) is 1.55. The van der Waals surface area contributed by atoms with Crippen LogP contribution in [0, 0.1) is 0 Å². The molecule has 3 rings (SSSR count). The Morgan fingerprint density at radius 3 is 2.56 bits per heavy atom. The first-order valence-electron chi connectivity index (χ1n) is 7.17. The molecule has 0 unspecified atom stereocenters. The Balaban J connectivity index is 1.62. The summed E-state index contributed by atoms with van der Waals surface area (Å²) in [5, 5.41) is 5.71. The summed E-state index contributed by atoms with van der Waals surface area (Å²) >= 11 is 11.8. The third-order valence-corrected chi connectivity index (χ3v) is 3.95. The number of imidazole rings is 1. The fraction of sp³-hybridized carbons (Fsp3) is 0.0625. The summed E-state index contributed by atoms with van der Waals surface area (Å²) in [4.78, 5) is 40.5. The first-order chi connectivity index (χ1) is 11.9. The van der Waals surface area contributed by atoms with Gasteiger partial charge in [-0.05, 0) is 36.4 Å². The van der Waals surface area contributed by atoms with Crippen molar-refractivity contribution in [2.24, 2.45) is 0 Å². The number of hydrogen-bond acceptors (Lipinski definition) is 3. The van der Waals surface area contributed by atoms with Crippen LogP contribution in [0.15, 0.2) is 41.2 Å². The molecule has 0 aliphatic carbocycles. The fourth-order valence-corrected chi connectivity index (χ4v) is 2.62. The number of hydrogen-bond donors (Lipinski definition) is 4. The van der Waals surface area contributed by atoms with Crippen LogP contribution in [0.4, 0.5) is 5.69 Å². The molecule has 2 amide bonds. The quantitative estimate of drug-likeness (QED) is 0.560. The lowest BCUT2D eigenvalue weighted by molar-refractivity contribution is -0.115. The van der Waals surface area contributed by atoms with Crippen LogP contribution >= 0.6 is 23.2 Å². The minimum absolute atomic E-state index is 0.188. The van der Waals surface area contributed by atoms with Gasteiger partial charge in [-0.25, -0.2) is 4.79 Å². The van der Waals surface area contributed by atoms with E-state index in [2.05, 4.69) is 20.6 Å². The van der Waals surface area contributed by atoms with Gasteiger partial charge < -0.3 is 20.6 Å². The number of aromatic amines is 2. The molecule has 0 bridgehead atoms. The number of anilines is 1. The molecule has 1 heterocycles. The average Bonchev–Trinajstić information content (AvgIpc) is 2.94. The summed E-state index contributed by atoms with van der Waals surface area (Å²) in [6.07, 6.45) is 0. The number of carbonyl (C=O) groups is 2. The van der Waals surface area contributed by atoms with Crippen LogP contribution in [0.3, 0.4) is 0 Å². The van der Waals surface area contributed by atoms with Crippen molar-refractivity contribution < 1.29 is 9.59 Å². The van der Waals surface area contributed by atoms with Crippen LogP contribution in [-0.2, 0) is 4.79 Å². The lowest BCUT2D eigenvalue weighted by atomic mass is 10.2. The van der Waals surface area contributed by atoms with Gasteiger partial charge in [0.15, 0.2) is 0 Å². The molecular weight excluding hydrogens is 367 g/mol. The van der Waals surface area contributed by atoms with Crippen LogP contribution in [0.5, 0.6) is 0 Å². The molecule has 0 fully saturated rings. The van der Waals surface area contributed by atoms with Gasteiger partial charge >= 0.3 is 5.69 Å². The van der Waals surface area contributed by atoms with Crippen molar-refractivity contribution in [2.45, 2.75) is 0 Å². The number of rotatable bonds is 4. The maximum Gasteiger partial charge on any atom is 0.323 e. The predicted molar refractivity (Wildman–Crippen MR) is 96.3 cm³/mol. The number of carbonyl (C=O) groups excluding carboxylic acids is 2. The molecule has 0 radical (unpaired) electrons. The summed E-state index contributed by atoms with van der Waals surface area (Å²) in [6.45, 7) is -0.247. The smallest absolute Gasteiger partial charge is 0.323 e. The van der Waals surface area contributed by atoms with Gasteiger partial charge in [-0.15, -0.1) is 0 Å². The standard InChI is InChI=1S/C16H12Cl2N4O3/c17-8-1-3-11(18)10(5-8)15(24)19-7-14(23)20-9-2-4-12-13(6-9)22-16(25)21-12/h1-6H,7H2,(H,19,24)(H,20,23)(H2,21,22,25). The molecule has 0 saturated carbocycles. The van der Waals surface area contributed by atoms with Crippen LogP contribution in [-0.4, -0.2) is 28.3 Å². The molecule has 2 aromatic carbocycles. The van der Waals surface area contributed by atoms with E-state index in [0.29, 0.717) is 21.7 Å². The van der Waals surface area contributed by atoms with Crippen molar-refractivity contribution in [3.63, 3.8) is 0 Å². The lowest BCUT2D eigenvalue weighted by Gasteiger charge is -2.08. The van der Waals surface area contributed by atoms with Gasteiger partial charge in [0, 0.05) is 10.7 Å². The van der Waals surface area contributed by atoms with E-state index in [1.807, 2.05) is 0 Å². The predicted octanol–water partition coefficient (Wildman–Crippen LogP) is 2.53. The summed E-state index contributed by atoms with van der Waals surface area (Å²) in [6, 6.07) is 9.40. The molecule has 4 N–H and O–H groups in total. The summed E-state index contributed by atoms with van der Waals surface area (Å²) in [5.74, 6) is -0.934. The van der Waals surface area contributed by atoms with Crippen LogP contribution < -0.4 is 16.3 Å². The van der Waals surface area contributed by atoms with Crippen molar-refractivity contribution >= 4 is 51.7 Å². The number of fused-ring (bicyclic) bond motifs is 1. The Morgan fingerprint density at radius 1 is 1.00 bits per heavy atom. The van der Waals surface area contributed by atoms with Crippen LogP contribution in [0.2, 0.25) is 10.0 Å². The van der Waals surface area contributed by atoms with Crippen molar-refractivity contribution in [1.82, 2.24) is 15.3 Å². The number of benzene rings is 2. The highest BCUT2D eigenvalue weighted by Crippen LogP contribution is 2.20. The topological polar surface area (TPSA) is 107 Å². The third-order valence-electron chi connectivity index (χ3n) is 3.38. The van der Waals surface area contributed by atoms with Gasteiger partial charge in [0.1, 0.15) is 0 Å². The SMILES string of the molecule is O=C(CNC(=O)c1cc(Cl)ccc1Cl)Nc1ccc2[nH]c(=O)[nH]c2c1. The zero-order valence-electron chi connectivity index (χ0n) is 12.7. The molecule has 0 spiro atoms. The molecule has 1 aromatic heterocycles. The minimum atomic E-state index is -0.506. The van der Waals surface area contributed by atoms with Crippen molar-refractivity contribution in [2.75, 3.05) is 11.9 Å². The molecule has 0 atom stereocenters. The maximum absolute atomic E-state index is 12.1.